The first-order chi connectivity index (χ1) is 19.8. The van der Waals surface area contributed by atoms with Crippen molar-refractivity contribution >= 4 is 41.0 Å². The van der Waals surface area contributed by atoms with E-state index >= 15 is 0 Å². The van der Waals surface area contributed by atoms with Crippen LogP contribution in [0.3, 0.4) is 0 Å². The van der Waals surface area contributed by atoms with Gasteiger partial charge in [-0.1, -0.05) is 6.07 Å². The third-order valence-corrected chi connectivity index (χ3v) is 9.61. The molecule has 10 nitrogen and oxygen atoms in total. The largest absolute Gasteiger partial charge is 0.493 e. The number of likely N-dealkylation sites (N-methyl/N-ethyl adjacent to an activating group) is 1. The first kappa shape index (κ1) is 28.8. The number of ether oxygens (including phenoxy) is 2. The van der Waals surface area contributed by atoms with Crippen LogP contribution < -0.4 is 14.4 Å². The number of hydrogen-bond acceptors (Lipinski definition) is 8. The number of non-ortho nitro benzene ring substituents is 1. The molecule has 2 heterocycles. The van der Waals surface area contributed by atoms with Crippen molar-refractivity contribution in [3.8, 4) is 11.5 Å². The van der Waals surface area contributed by atoms with Gasteiger partial charge in [0.15, 0.2) is 11.5 Å². The van der Waals surface area contributed by atoms with Crippen molar-refractivity contribution in [3.63, 3.8) is 0 Å². The molecule has 1 saturated carbocycles. The van der Waals surface area contributed by atoms with Crippen LogP contribution in [-0.4, -0.2) is 84.8 Å². The van der Waals surface area contributed by atoms with E-state index in [1.165, 1.54) is 12.1 Å². The molecule has 0 radical (unpaired) electrons. The number of rotatable bonds is 7. The Labute approximate surface area is 244 Å². The number of carbonyl (C=O) groups is 2. The van der Waals surface area contributed by atoms with Crippen LogP contribution in [0, 0.1) is 16.0 Å². The topological polar surface area (TPSA) is 105 Å². The highest BCUT2D eigenvalue weighted by Crippen LogP contribution is 2.44. The number of amides is 2. The maximum atomic E-state index is 13.5. The molecule has 2 saturated heterocycles. The van der Waals surface area contributed by atoms with E-state index in [0.717, 1.165) is 24.1 Å². The third kappa shape index (κ3) is 6.14. The minimum Gasteiger partial charge on any atom is -0.493 e. The predicted octanol–water partition coefficient (Wildman–Crippen LogP) is 4.43. The minimum atomic E-state index is -0.401. The van der Waals surface area contributed by atoms with Crippen LogP contribution in [0.15, 0.2) is 47.4 Å². The first-order valence-corrected chi connectivity index (χ1v) is 14.9. The van der Waals surface area contributed by atoms with E-state index in [9.17, 15) is 19.7 Å². The maximum absolute atomic E-state index is 13.5. The smallest absolute Gasteiger partial charge is 0.269 e. The third-order valence-electron chi connectivity index (χ3n) is 8.21. The zero-order valence-corrected chi connectivity index (χ0v) is 24.5. The summed E-state index contributed by atoms with van der Waals surface area (Å²) in [7, 11) is 3.45. The van der Waals surface area contributed by atoms with Crippen LogP contribution in [0.25, 0.3) is 6.08 Å². The van der Waals surface area contributed by atoms with Gasteiger partial charge in [-0.15, -0.1) is 11.8 Å². The lowest BCUT2D eigenvalue weighted by atomic mass is 9.83. The zero-order chi connectivity index (χ0) is 29.1. The van der Waals surface area contributed by atoms with Gasteiger partial charge in [-0.3, -0.25) is 19.7 Å². The molecule has 3 atom stereocenters. The molecule has 3 fully saturated rings. The molecule has 0 bridgehead atoms. The van der Waals surface area contributed by atoms with Crippen molar-refractivity contribution in [2.24, 2.45) is 5.92 Å². The molecule has 11 heteroatoms. The second kappa shape index (κ2) is 12.4. The van der Waals surface area contributed by atoms with Crippen LogP contribution in [0.1, 0.15) is 31.7 Å². The van der Waals surface area contributed by atoms with Gasteiger partial charge in [-0.25, -0.2) is 0 Å². The number of anilines is 1. The molecular weight excluding hydrogens is 544 g/mol. The molecule has 0 aromatic heterocycles. The molecule has 5 rings (SSSR count). The minimum absolute atomic E-state index is 0.0172. The van der Waals surface area contributed by atoms with Gasteiger partial charge >= 0.3 is 0 Å². The summed E-state index contributed by atoms with van der Waals surface area (Å²) >= 11 is 1.62. The van der Waals surface area contributed by atoms with E-state index in [2.05, 4.69) is 4.90 Å². The standard InChI is InChI=1S/C30H36N4O6S/c1-4-40-25-11-5-20(17-26(25)39-3)18-28-30(36)31(2)24-19-21(6-12-27(24)41-28)29(35)33-15-13-32(14-16-33)22-7-9-23(10-8-22)34(37)38/h5,7-11,17-18,21,24,27H,4,6,12-16,19H2,1-3H3/b28-18+. The number of nitro benzene ring substituents is 1. The quantitative estimate of drug-likeness (QED) is 0.269. The van der Waals surface area contributed by atoms with Crippen molar-refractivity contribution in [2.75, 3.05) is 51.8 Å². The van der Waals surface area contributed by atoms with Crippen LogP contribution in [0.5, 0.6) is 11.5 Å². The van der Waals surface area contributed by atoms with E-state index in [-0.39, 0.29) is 34.7 Å². The van der Waals surface area contributed by atoms with Crippen molar-refractivity contribution < 1.29 is 24.0 Å². The second-order valence-corrected chi connectivity index (χ2v) is 11.9. The number of piperazine rings is 1. The molecule has 41 heavy (non-hydrogen) atoms. The molecule has 3 unspecified atom stereocenters. The maximum Gasteiger partial charge on any atom is 0.269 e. The van der Waals surface area contributed by atoms with Crippen molar-refractivity contribution in [3.05, 3.63) is 63.0 Å². The van der Waals surface area contributed by atoms with Crippen LogP contribution in [-0.2, 0) is 9.59 Å². The summed E-state index contributed by atoms with van der Waals surface area (Å²) in [5.74, 6) is 1.36. The Morgan fingerprint density at radius 3 is 2.49 bits per heavy atom. The molecule has 3 aliphatic rings. The van der Waals surface area contributed by atoms with Crippen LogP contribution >= 0.6 is 11.8 Å². The summed E-state index contributed by atoms with van der Waals surface area (Å²) in [6.07, 6.45) is 4.27. The molecule has 1 aliphatic carbocycles. The molecular formula is C30H36N4O6S. The lowest BCUT2D eigenvalue weighted by Gasteiger charge is -2.45. The summed E-state index contributed by atoms with van der Waals surface area (Å²) in [6.45, 7) is 5.05. The Morgan fingerprint density at radius 2 is 1.83 bits per heavy atom. The fourth-order valence-corrected chi connectivity index (χ4v) is 7.43. The molecule has 2 amide bonds. The Bertz CT molecular complexity index is 1320. The Balaban J connectivity index is 1.19. The fraction of sp³-hybridized carbons (Fsp3) is 0.467. The number of nitro groups is 1. The highest BCUT2D eigenvalue weighted by Gasteiger charge is 2.43. The highest BCUT2D eigenvalue weighted by molar-refractivity contribution is 8.04. The Morgan fingerprint density at radius 1 is 1.10 bits per heavy atom. The second-order valence-electron chi connectivity index (χ2n) is 10.6. The van der Waals surface area contributed by atoms with Gasteiger partial charge in [0, 0.05) is 68.3 Å². The fourth-order valence-electron chi connectivity index (χ4n) is 5.95. The van der Waals surface area contributed by atoms with E-state index in [1.54, 1.807) is 31.0 Å². The SMILES string of the molecule is CCOc1ccc(/C=C2/SC3CCC(C(=O)N4CCN(c5ccc([N+](=O)[O-])cc5)CC4)CC3N(C)C2=O)cc1OC. The number of methoxy groups -OCH3 is 1. The lowest BCUT2D eigenvalue weighted by molar-refractivity contribution is -0.384. The lowest BCUT2D eigenvalue weighted by Crippen LogP contribution is -2.55. The van der Waals surface area contributed by atoms with Gasteiger partial charge < -0.3 is 24.2 Å². The molecule has 2 aromatic carbocycles. The average molecular weight is 581 g/mol. The van der Waals surface area contributed by atoms with Crippen molar-refractivity contribution in [2.45, 2.75) is 37.5 Å². The van der Waals surface area contributed by atoms with Crippen LogP contribution in [0.2, 0.25) is 0 Å². The van der Waals surface area contributed by atoms with Crippen LogP contribution in [0.4, 0.5) is 11.4 Å². The summed E-state index contributed by atoms with van der Waals surface area (Å²) in [6, 6.07) is 12.2. The van der Waals surface area contributed by atoms with Gasteiger partial charge in [-0.2, -0.15) is 0 Å². The molecule has 0 spiro atoms. The van der Waals surface area contributed by atoms with E-state index in [4.69, 9.17) is 9.47 Å². The summed E-state index contributed by atoms with van der Waals surface area (Å²) in [4.78, 5) is 44.0. The number of nitrogens with zero attached hydrogens (tertiary/aromatic N) is 4. The number of carbonyl (C=O) groups excluding carboxylic acids is 2. The number of benzene rings is 2. The first-order valence-electron chi connectivity index (χ1n) is 14.0. The molecule has 2 aliphatic heterocycles. The predicted molar refractivity (Wildman–Crippen MR) is 159 cm³/mol. The van der Waals surface area contributed by atoms with E-state index in [0.29, 0.717) is 55.6 Å². The zero-order valence-electron chi connectivity index (χ0n) is 23.7. The van der Waals surface area contributed by atoms with Gasteiger partial charge in [0.25, 0.3) is 11.6 Å². The van der Waals surface area contributed by atoms with Gasteiger partial charge in [-0.05, 0) is 62.1 Å². The Hall–Kier alpha value is -3.73. The van der Waals surface area contributed by atoms with Gasteiger partial charge in [0.1, 0.15) is 0 Å². The molecule has 0 N–H and O–H groups in total. The summed E-state index contributed by atoms with van der Waals surface area (Å²) in [5, 5.41) is 11.2. The van der Waals surface area contributed by atoms with E-state index in [1.807, 2.05) is 48.0 Å². The monoisotopic (exact) mass is 580 g/mol. The van der Waals surface area contributed by atoms with Crippen molar-refractivity contribution in [1.82, 2.24) is 9.80 Å². The summed E-state index contributed by atoms with van der Waals surface area (Å²) < 4.78 is 11.1. The summed E-state index contributed by atoms with van der Waals surface area (Å²) in [5.41, 5.74) is 1.88. The number of fused-ring (bicyclic) bond motifs is 1. The van der Waals surface area contributed by atoms with Crippen molar-refractivity contribution in [1.29, 1.82) is 0 Å². The molecule has 2 aromatic rings. The highest BCUT2D eigenvalue weighted by atomic mass is 32.2. The van der Waals surface area contributed by atoms with Gasteiger partial charge in [0.05, 0.1) is 23.5 Å². The van der Waals surface area contributed by atoms with Gasteiger partial charge in [0.2, 0.25) is 5.91 Å². The number of hydrogen-bond donors (Lipinski definition) is 0. The molecule has 218 valence electrons. The Kier molecular flexibility index (Phi) is 8.72. The normalized spacial score (nSPS) is 23.8. The average Bonchev–Trinajstić information content (AvgIpc) is 3.00. The number of thioether (sulfide) groups is 1. The van der Waals surface area contributed by atoms with E-state index < -0.39 is 4.92 Å².